The van der Waals surface area contributed by atoms with E-state index in [9.17, 15) is 4.79 Å². The lowest BCUT2D eigenvalue weighted by Gasteiger charge is -2.31. The number of likely N-dealkylation sites (tertiary alicyclic amines) is 1. The van der Waals surface area contributed by atoms with Crippen LogP contribution in [0.1, 0.15) is 31.7 Å². The SMILES string of the molecule is CCOCCCNC(=O)C1CCN(Cc2cccc(OC)c2)CC1. The summed E-state index contributed by atoms with van der Waals surface area (Å²) in [6.45, 7) is 7.00. The zero-order valence-corrected chi connectivity index (χ0v) is 14.9. The van der Waals surface area contributed by atoms with Crippen LogP contribution in [-0.4, -0.2) is 50.8 Å². The Balaban J connectivity index is 1.68. The van der Waals surface area contributed by atoms with Gasteiger partial charge in [0.05, 0.1) is 7.11 Å². The summed E-state index contributed by atoms with van der Waals surface area (Å²) >= 11 is 0. The number of methoxy groups -OCH3 is 1. The molecule has 1 heterocycles. The molecule has 2 rings (SSSR count). The fourth-order valence-electron chi connectivity index (χ4n) is 3.06. The average Bonchev–Trinajstić information content (AvgIpc) is 2.62. The number of carbonyl (C=O) groups is 1. The van der Waals surface area contributed by atoms with Crippen LogP contribution in [0, 0.1) is 5.92 Å². The highest BCUT2D eigenvalue weighted by Crippen LogP contribution is 2.20. The monoisotopic (exact) mass is 334 g/mol. The molecule has 0 saturated carbocycles. The minimum absolute atomic E-state index is 0.152. The summed E-state index contributed by atoms with van der Waals surface area (Å²) in [6, 6.07) is 8.19. The van der Waals surface area contributed by atoms with Crippen molar-refractivity contribution in [1.82, 2.24) is 10.2 Å². The normalized spacial score (nSPS) is 16.1. The van der Waals surface area contributed by atoms with Crippen LogP contribution in [-0.2, 0) is 16.1 Å². The molecule has 0 aliphatic carbocycles. The van der Waals surface area contributed by atoms with Gasteiger partial charge in [0.15, 0.2) is 0 Å². The van der Waals surface area contributed by atoms with Crippen LogP contribution < -0.4 is 10.1 Å². The summed E-state index contributed by atoms with van der Waals surface area (Å²) in [7, 11) is 1.69. The predicted octanol–water partition coefficient (Wildman–Crippen LogP) is 2.45. The van der Waals surface area contributed by atoms with Crippen molar-refractivity contribution < 1.29 is 14.3 Å². The first kappa shape index (κ1) is 18.7. The van der Waals surface area contributed by atoms with Crippen molar-refractivity contribution in [3.63, 3.8) is 0 Å². The first-order valence-corrected chi connectivity index (χ1v) is 8.93. The number of benzene rings is 1. The summed E-state index contributed by atoms with van der Waals surface area (Å²) in [4.78, 5) is 14.6. The fraction of sp³-hybridized carbons (Fsp3) is 0.632. The number of hydrogen-bond donors (Lipinski definition) is 1. The smallest absolute Gasteiger partial charge is 0.223 e. The van der Waals surface area contributed by atoms with Gasteiger partial charge in [0.1, 0.15) is 5.75 Å². The molecule has 1 aromatic rings. The number of nitrogens with one attached hydrogen (secondary N) is 1. The van der Waals surface area contributed by atoms with Gasteiger partial charge in [-0.25, -0.2) is 0 Å². The van der Waals surface area contributed by atoms with E-state index >= 15 is 0 Å². The van der Waals surface area contributed by atoms with Crippen LogP contribution in [0.5, 0.6) is 5.75 Å². The van der Waals surface area contributed by atoms with Gasteiger partial charge in [-0.1, -0.05) is 12.1 Å². The number of carbonyl (C=O) groups excluding carboxylic acids is 1. The first-order valence-electron chi connectivity index (χ1n) is 8.93. The Bertz CT molecular complexity index is 499. The van der Waals surface area contributed by atoms with Crippen LogP contribution in [0.15, 0.2) is 24.3 Å². The maximum absolute atomic E-state index is 12.2. The lowest BCUT2D eigenvalue weighted by Crippen LogP contribution is -2.40. The number of nitrogens with zero attached hydrogens (tertiary/aromatic N) is 1. The molecule has 0 unspecified atom stereocenters. The third-order valence-electron chi connectivity index (χ3n) is 4.47. The van der Waals surface area contributed by atoms with Crippen molar-refractivity contribution in [2.75, 3.05) is 40.0 Å². The molecule has 1 aliphatic heterocycles. The minimum atomic E-state index is 0.152. The van der Waals surface area contributed by atoms with Gasteiger partial charge in [-0.15, -0.1) is 0 Å². The Morgan fingerprint density at radius 3 is 2.83 bits per heavy atom. The van der Waals surface area contributed by atoms with Crippen molar-refractivity contribution in [2.45, 2.75) is 32.7 Å². The Morgan fingerprint density at radius 1 is 1.33 bits per heavy atom. The average molecular weight is 334 g/mol. The molecular formula is C19H30N2O3. The van der Waals surface area contributed by atoms with Crippen molar-refractivity contribution in [3.05, 3.63) is 29.8 Å². The van der Waals surface area contributed by atoms with Gasteiger partial charge >= 0.3 is 0 Å². The quantitative estimate of drug-likeness (QED) is 0.705. The standard InChI is InChI=1S/C19H30N2O3/c1-3-24-13-5-10-20-19(22)17-8-11-21(12-9-17)15-16-6-4-7-18(14-16)23-2/h4,6-7,14,17H,3,5,8-13,15H2,1-2H3,(H,20,22). The van der Waals surface area contributed by atoms with Crippen LogP contribution in [0.3, 0.4) is 0 Å². The van der Waals surface area contributed by atoms with E-state index in [4.69, 9.17) is 9.47 Å². The zero-order valence-electron chi connectivity index (χ0n) is 14.9. The number of hydrogen-bond acceptors (Lipinski definition) is 4. The second kappa shape index (κ2) is 10.3. The van der Waals surface area contributed by atoms with Crippen LogP contribution in [0.2, 0.25) is 0 Å². The van der Waals surface area contributed by atoms with Crippen molar-refractivity contribution >= 4 is 5.91 Å². The second-order valence-corrected chi connectivity index (χ2v) is 6.24. The summed E-state index contributed by atoms with van der Waals surface area (Å²) < 4.78 is 10.6. The number of ether oxygens (including phenoxy) is 2. The predicted molar refractivity (Wildman–Crippen MR) is 95.1 cm³/mol. The highest BCUT2D eigenvalue weighted by atomic mass is 16.5. The Hall–Kier alpha value is -1.59. The van der Waals surface area contributed by atoms with Crippen LogP contribution in [0.4, 0.5) is 0 Å². The lowest BCUT2D eigenvalue weighted by molar-refractivity contribution is -0.126. The van der Waals surface area contributed by atoms with Gasteiger partial charge in [0, 0.05) is 32.2 Å². The molecule has 5 heteroatoms. The fourth-order valence-corrected chi connectivity index (χ4v) is 3.06. The highest BCUT2D eigenvalue weighted by Gasteiger charge is 2.24. The molecule has 1 amide bonds. The molecule has 134 valence electrons. The molecule has 0 atom stereocenters. The second-order valence-electron chi connectivity index (χ2n) is 6.24. The third-order valence-corrected chi connectivity index (χ3v) is 4.47. The largest absolute Gasteiger partial charge is 0.497 e. The zero-order chi connectivity index (χ0) is 17.2. The molecule has 5 nitrogen and oxygen atoms in total. The van der Waals surface area contributed by atoms with E-state index in [1.54, 1.807) is 7.11 Å². The molecule has 1 aromatic carbocycles. The Labute approximate surface area is 145 Å². The summed E-state index contributed by atoms with van der Waals surface area (Å²) in [5.41, 5.74) is 1.26. The van der Waals surface area contributed by atoms with Gasteiger partial charge < -0.3 is 14.8 Å². The van der Waals surface area contributed by atoms with Crippen molar-refractivity contribution in [3.8, 4) is 5.75 Å². The van der Waals surface area contributed by atoms with Crippen LogP contribution >= 0.6 is 0 Å². The maximum atomic E-state index is 12.2. The molecule has 0 spiro atoms. The molecule has 0 aromatic heterocycles. The highest BCUT2D eigenvalue weighted by molar-refractivity contribution is 5.78. The van der Waals surface area contributed by atoms with E-state index in [0.29, 0.717) is 6.54 Å². The van der Waals surface area contributed by atoms with Gasteiger partial charge in [0.2, 0.25) is 5.91 Å². The van der Waals surface area contributed by atoms with E-state index in [0.717, 1.165) is 57.9 Å². The Kier molecular flexibility index (Phi) is 8.05. The van der Waals surface area contributed by atoms with Gasteiger partial charge in [0.25, 0.3) is 0 Å². The number of rotatable bonds is 9. The van der Waals surface area contributed by atoms with Gasteiger partial charge in [-0.05, 0) is 57.0 Å². The Morgan fingerprint density at radius 2 is 2.12 bits per heavy atom. The summed E-state index contributed by atoms with van der Waals surface area (Å²) in [6.07, 6.45) is 2.75. The number of piperidine rings is 1. The molecular weight excluding hydrogens is 304 g/mol. The van der Waals surface area contributed by atoms with E-state index in [2.05, 4.69) is 22.3 Å². The minimum Gasteiger partial charge on any atom is -0.497 e. The molecule has 1 N–H and O–H groups in total. The van der Waals surface area contributed by atoms with E-state index in [1.165, 1.54) is 5.56 Å². The summed E-state index contributed by atoms with van der Waals surface area (Å²) in [5.74, 6) is 1.25. The van der Waals surface area contributed by atoms with Gasteiger partial charge in [-0.3, -0.25) is 9.69 Å². The summed E-state index contributed by atoms with van der Waals surface area (Å²) in [5, 5.41) is 3.04. The number of amides is 1. The van der Waals surface area contributed by atoms with E-state index in [1.807, 2.05) is 19.1 Å². The molecule has 0 bridgehead atoms. The molecule has 0 radical (unpaired) electrons. The molecule has 24 heavy (non-hydrogen) atoms. The topological polar surface area (TPSA) is 50.8 Å². The lowest BCUT2D eigenvalue weighted by atomic mass is 9.95. The molecule has 1 saturated heterocycles. The third kappa shape index (κ3) is 6.13. The molecule has 1 aliphatic rings. The van der Waals surface area contributed by atoms with Crippen molar-refractivity contribution in [1.29, 1.82) is 0 Å². The maximum Gasteiger partial charge on any atom is 0.223 e. The van der Waals surface area contributed by atoms with Crippen LogP contribution in [0.25, 0.3) is 0 Å². The van der Waals surface area contributed by atoms with Gasteiger partial charge in [-0.2, -0.15) is 0 Å². The molecule has 1 fully saturated rings. The van der Waals surface area contributed by atoms with E-state index < -0.39 is 0 Å². The van der Waals surface area contributed by atoms with E-state index in [-0.39, 0.29) is 11.8 Å². The first-order chi connectivity index (χ1) is 11.7. The van der Waals surface area contributed by atoms with Crippen molar-refractivity contribution in [2.24, 2.45) is 5.92 Å².